The first kappa shape index (κ1) is 31.3. The molecule has 0 spiro atoms. The maximum Gasteiger partial charge on any atom is 0.243 e. The van der Waals surface area contributed by atoms with Crippen molar-refractivity contribution in [2.45, 2.75) is 77.4 Å². The second kappa shape index (κ2) is 14.5. The molecular formula is C34H43N3O4S. The van der Waals surface area contributed by atoms with Crippen LogP contribution in [0.5, 0.6) is 0 Å². The van der Waals surface area contributed by atoms with Crippen LogP contribution >= 0.6 is 0 Å². The predicted octanol–water partition coefficient (Wildman–Crippen LogP) is 5.55. The third kappa shape index (κ3) is 8.92. The molecule has 0 aromatic heterocycles. The summed E-state index contributed by atoms with van der Waals surface area (Å²) >= 11 is 0. The van der Waals surface area contributed by atoms with Crippen molar-refractivity contribution in [1.29, 1.82) is 0 Å². The van der Waals surface area contributed by atoms with E-state index in [1.165, 1.54) is 10.6 Å². The minimum absolute atomic E-state index is 0.117. The molecule has 3 aromatic rings. The summed E-state index contributed by atoms with van der Waals surface area (Å²) in [7, 11) is -3.54. The van der Waals surface area contributed by atoms with E-state index in [1.807, 2.05) is 80.6 Å². The van der Waals surface area contributed by atoms with E-state index in [4.69, 9.17) is 0 Å². The van der Waals surface area contributed by atoms with Crippen LogP contribution < -0.4 is 9.62 Å². The van der Waals surface area contributed by atoms with Gasteiger partial charge in [0.05, 0.1) is 11.9 Å². The fraction of sp³-hybridized carbons (Fsp3) is 0.412. The number of hydrogen-bond acceptors (Lipinski definition) is 4. The molecule has 7 nitrogen and oxygen atoms in total. The third-order valence-electron chi connectivity index (χ3n) is 7.88. The summed E-state index contributed by atoms with van der Waals surface area (Å²) in [5.41, 5.74) is 4.62. The second-order valence-corrected chi connectivity index (χ2v) is 13.4. The van der Waals surface area contributed by atoms with Crippen molar-refractivity contribution in [3.8, 4) is 0 Å². The Morgan fingerprint density at radius 1 is 0.881 bits per heavy atom. The Labute approximate surface area is 251 Å². The quantitative estimate of drug-likeness (QED) is 0.283. The fourth-order valence-corrected chi connectivity index (χ4v) is 6.61. The first-order valence-corrected chi connectivity index (χ1v) is 16.7. The van der Waals surface area contributed by atoms with Crippen LogP contribution in [0.2, 0.25) is 0 Å². The van der Waals surface area contributed by atoms with E-state index in [0.29, 0.717) is 25.1 Å². The smallest absolute Gasteiger partial charge is 0.243 e. The van der Waals surface area contributed by atoms with Crippen molar-refractivity contribution in [3.05, 3.63) is 101 Å². The molecule has 1 fully saturated rings. The zero-order chi connectivity index (χ0) is 30.1. The van der Waals surface area contributed by atoms with Crippen molar-refractivity contribution in [2.24, 2.45) is 0 Å². The number of carbonyl (C=O) groups is 2. The van der Waals surface area contributed by atoms with Crippen molar-refractivity contribution < 1.29 is 18.0 Å². The van der Waals surface area contributed by atoms with Crippen molar-refractivity contribution in [2.75, 3.05) is 17.1 Å². The Bertz CT molecular complexity index is 1440. The number of sulfonamides is 1. The SMILES string of the molecule is Cc1ccc(N(CCCC(=O)N(Cc2cccc(C)c2)[C@H](Cc2ccccc2)C(=O)NC2CCCC2)S(C)(=O)=O)cc1. The highest BCUT2D eigenvalue weighted by Crippen LogP contribution is 2.22. The highest BCUT2D eigenvalue weighted by Gasteiger charge is 2.32. The summed E-state index contributed by atoms with van der Waals surface area (Å²) in [6.07, 6.45) is 6.12. The normalized spacial score (nSPS) is 14.4. The number of carbonyl (C=O) groups excluding carboxylic acids is 2. The van der Waals surface area contributed by atoms with Crippen LogP contribution in [0.25, 0.3) is 0 Å². The molecule has 1 aliphatic carbocycles. The van der Waals surface area contributed by atoms with Crippen LogP contribution in [0.15, 0.2) is 78.9 Å². The summed E-state index contributed by atoms with van der Waals surface area (Å²) in [5.74, 6) is -0.305. The summed E-state index contributed by atoms with van der Waals surface area (Å²) in [6, 6.07) is 24.5. The summed E-state index contributed by atoms with van der Waals surface area (Å²) in [6.45, 7) is 4.42. The van der Waals surface area contributed by atoms with Crippen molar-refractivity contribution >= 4 is 27.5 Å². The lowest BCUT2D eigenvalue weighted by Gasteiger charge is -2.33. The molecule has 0 bridgehead atoms. The molecule has 8 heteroatoms. The first-order chi connectivity index (χ1) is 20.1. The first-order valence-electron chi connectivity index (χ1n) is 14.8. The monoisotopic (exact) mass is 589 g/mol. The van der Waals surface area contributed by atoms with Crippen LogP contribution in [-0.2, 0) is 32.6 Å². The van der Waals surface area contributed by atoms with Gasteiger partial charge in [-0.25, -0.2) is 8.42 Å². The number of aryl methyl sites for hydroxylation is 2. The summed E-state index contributed by atoms with van der Waals surface area (Å²) in [5, 5.41) is 3.23. The molecule has 0 radical (unpaired) electrons. The van der Waals surface area contributed by atoms with Crippen molar-refractivity contribution in [1.82, 2.24) is 10.2 Å². The van der Waals surface area contributed by atoms with E-state index in [-0.39, 0.29) is 30.8 Å². The van der Waals surface area contributed by atoms with Gasteiger partial charge in [0.1, 0.15) is 6.04 Å². The number of nitrogens with one attached hydrogen (secondary N) is 1. The second-order valence-electron chi connectivity index (χ2n) is 11.5. The highest BCUT2D eigenvalue weighted by molar-refractivity contribution is 7.92. The lowest BCUT2D eigenvalue weighted by molar-refractivity contribution is -0.141. The minimum Gasteiger partial charge on any atom is -0.352 e. The van der Waals surface area contributed by atoms with Gasteiger partial charge in [0, 0.05) is 32.0 Å². The van der Waals surface area contributed by atoms with E-state index in [0.717, 1.165) is 47.9 Å². The molecule has 224 valence electrons. The van der Waals surface area contributed by atoms with E-state index in [1.54, 1.807) is 17.0 Å². The highest BCUT2D eigenvalue weighted by atomic mass is 32.2. The molecule has 0 heterocycles. The topological polar surface area (TPSA) is 86.8 Å². The minimum atomic E-state index is -3.54. The van der Waals surface area contributed by atoms with Gasteiger partial charge in [-0.15, -0.1) is 0 Å². The third-order valence-corrected chi connectivity index (χ3v) is 9.08. The van der Waals surface area contributed by atoms with Gasteiger partial charge < -0.3 is 10.2 Å². The summed E-state index contributed by atoms with van der Waals surface area (Å²) in [4.78, 5) is 29.5. The Morgan fingerprint density at radius 2 is 1.55 bits per heavy atom. The van der Waals surface area contributed by atoms with E-state index >= 15 is 0 Å². The van der Waals surface area contributed by atoms with Gasteiger partial charge in [-0.1, -0.05) is 90.7 Å². The van der Waals surface area contributed by atoms with E-state index in [2.05, 4.69) is 5.32 Å². The lowest BCUT2D eigenvalue weighted by Crippen LogP contribution is -2.52. The molecule has 4 rings (SSSR count). The van der Waals surface area contributed by atoms with Gasteiger partial charge in [-0.05, 0) is 56.4 Å². The molecule has 3 aromatic carbocycles. The maximum atomic E-state index is 14.0. The van der Waals surface area contributed by atoms with Gasteiger partial charge in [-0.3, -0.25) is 13.9 Å². The zero-order valence-electron chi connectivity index (χ0n) is 25.0. The number of benzene rings is 3. The van der Waals surface area contributed by atoms with Crippen LogP contribution in [0, 0.1) is 13.8 Å². The van der Waals surface area contributed by atoms with Gasteiger partial charge >= 0.3 is 0 Å². The molecule has 1 N–H and O–H groups in total. The number of amides is 2. The molecule has 0 unspecified atom stereocenters. The number of anilines is 1. The maximum absolute atomic E-state index is 14.0. The number of rotatable bonds is 13. The fourth-order valence-electron chi connectivity index (χ4n) is 5.64. The molecule has 2 amide bonds. The molecule has 42 heavy (non-hydrogen) atoms. The van der Waals surface area contributed by atoms with Gasteiger partial charge in [0.2, 0.25) is 21.8 Å². The predicted molar refractivity (Wildman–Crippen MR) is 169 cm³/mol. The van der Waals surface area contributed by atoms with Crippen LogP contribution in [0.4, 0.5) is 5.69 Å². The Balaban J connectivity index is 1.58. The molecule has 0 aliphatic heterocycles. The molecule has 0 saturated heterocycles. The van der Waals surface area contributed by atoms with Crippen LogP contribution in [-0.4, -0.2) is 50.0 Å². The van der Waals surface area contributed by atoms with Crippen molar-refractivity contribution in [3.63, 3.8) is 0 Å². The Kier molecular flexibility index (Phi) is 10.8. The average molecular weight is 590 g/mol. The largest absolute Gasteiger partial charge is 0.352 e. The molecule has 1 saturated carbocycles. The van der Waals surface area contributed by atoms with Gasteiger partial charge in [-0.2, -0.15) is 0 Å². The molecule has 1 aliphatic rings. The molecular weight excluding hydrogens is 546 g/mol. The summed E-state index contributed by atoms with van der Waals surface area (Å²) < 4.78 is 26.6. The van der Waals surface area contributed by atoms with Gasteiger partial charge in [0.25, 0.3) is 0 Å². The average Bonchev–Trinajstić information content (AvgIpc) is 3.46. The molecule has 1 atom stereocenters. The number of nitrogens with zero attached hydrogens (tertiary/aromatic N) is 2. The zero-order valence-corrected chi connectivity index (χ0v) is 25.8. The standard InChI is InChI=1S/C34H43N3O4S/c1-26-18-20-31(21-19-26)37(42(3,40)41)22-10-17-33(38)36(25-29-14-9-11-27(2)23-29)32(24-28-12-5-4-6-13-28)34(39)35-30-15-7-8-16-30/h4-6,9,11-14,18-21,23,30,32H,7-8,10,15-17,22,24-25H2,1-3H3,(H,35,39)/t32-/m1/s1. The van der Waals surface area contributed by atoms with Crippen LogP contribution in [0.3, 0.4) is 0 Å². The van der Waals surface area contributed by atoms with E-state index in [9.17, 15) is 18.0 Å². The number of hydrogen-bond donors (Lipinski definition) is 1. The Hall–Kier alpha value is -3.65. The Morgan fingerprint density at radius 3 is 2.19 bits per heavy atom. The van der Waals surface area contributed by atoms with Gasteiger partial charge in [0.15, 0.2) is 0 Å². The van der Waals surface area contributed by atoms with Crippen LogP contribution in [0.1, 0.15) is 60.8 Å². The van der Waals surface area contributed by atoms with E-state index < -0.39 is 16.1 Å². The lowest BCUT2D eigenvalue weighted by atomic mass is 10.0.